The van der Waals surface area contributed by atoms with Gasteiger partial charge in [0.2, 0.25) is 0 Å². The summed E-state index contributed by atoms with van der Waals surface area (Å²) in [5, 5.41) is 2.74. The van der Waals surface area contributed by atoms with Crippen molar-refractivity contribution in [2.24, 2.45) is 0 Å². The molecule has 0 amide bonds. The van der Waals surface area contributed by atoms with E-state index in [0.29, 0.717) is 11.8 Å². The molecular formula is C26H22ClN3O. The van der Waals surface area contributed by atoms with Crippen LogP contribution in [0.3, 0.4) is 0 Å². The van der Waals surface area contributed by atoms with E-state index in [9.17, 15) is 0 Å². The third-order valence-corrected chi connectivity index (χ3v) is 5.69. The van der Waals surface area contributed by atoms with Gasteiger partial charge in [-0.3, -0.25) is 4.40 Å². The van der Waals surface area contributed by atoms with Gasteiger partial charge in [0.25, 0.3) is 0 Å². The molecule has 0 aliphatic carbocycles. The predicted octanol–water partition coefficient (Wildman–Crippen LogP) is 7.05. The highest BCUT2D eigenvalue weighted by Gasteiger charge is 2.19. The summed E-state index contributed by atoms with van der Waals surface area (Å²) in [6, 6.07) is 22.6. The van der Waals surface area contributed by atoms with Gasteiger partial charge in [-0.15, -0.1) is 0 Å². The molecule has 0 aliphatic heterocycles. The first kappa shape index (κ1) is 19.6. The molecule has 5 heteroatoms. The van der Waals surface area contributed by atoms with E-state index < -0.39 is 0 Å². The lowest BCUT2D eigenvalue weighted by Crippen LogP contribution is -1.96. The van der Waals surface area contributed by atoms with Crippen LogP contribution in [0.2, 0.25) is 5.15 Å². The molecule has 5 rings (SSSR count). The molecule has 4 nitrogen and oxygen atoms in total. The van der Waals surface area contributed by atoms with E-state index in [1.807, 2.05) is 47.0 Å². The van der Waals surface area contributed by atoms with Gasteiger partial charge >= 0.3 is 0 Å². The first-order valence-electron chi connectivity index (χ1n) is 10.5. The van der Waals surface area contributed by atoms with E-state index in [2.05, 4.69) is 42.2 Å². The number of imidazole rings is 1. The number of rotatable bonds is 6. The first-order valence-corrected chi connectivity index (χ1v) is 10.9. The van der Waals surface area contributed by atoms with Gasteiger partial charge < -0.3 is 4.74 Å². The monoisotopic (exact) mass is 427 g/mol. The maximum Gasteiger partial charge on any atom is 0.155 e. The Hall–Kier alpha value is -3.37. The molecule has 0 saturated carbocycles. The Balaban J connectivity index is 1.70. The highest BCUT2D eigenvalue weighted by atomic mass is 35.5. The largest absolute Gasteiger partial charge is 0.494 e. The van der Waals surface area contributed by atoms with E-state index in [1.54, 1.807) is 6.20 Å². The van der Waals surface area contributed by atoms with E-state index >= 15 is 0 Å². The van der Waals surface area contributed by atoms with Crippen LogP contribution in [-0.4, -0.2) is 21.0 Å². The van der Waals surface area contributed by atoms with Crippen LogP contribution in [0.1, 0.15) is 19.8 Å². The standard InChI is InChI=1S/C26H22ClN3O/c1-2-3-16-31-20-11-6-10-19(17-20)23-24-25(27)28-14-15-30(24)26(29-23)22-13-7-9-18-8-4-5-12-21(18)22/h4-15,17H,2-3,16H2,1H3. The number of hydrogen-bond acceptors (Lipinski definition) is 3. The first-order chi connectivity index (χ1) is 15.3. The zero-order chi connectivity index (χ0) is 21.2. The third kappa shape index (κ3) is 3.64. The Kier molecular flexibility index (Phi) is 5.31. The maximum absolute atomic E-state index is 6.57. The number of ether oxygens (including phenoxy) is 1. The van der Waals surface area contributed by atoms with E-state index in [0.717, 1.165) is 52.1 Å². The predicted molar refractivity (Wildman–Crippen MR) is 127 cm³/mol. The molecule has 0 unspecified atom stereocenters. The lowest BCUT2D eigenvalue weighted by atomic mass is 10.0. The minimum absolute atomic E-state index is 0.425. The number of nitrogens with zero attached hydrogens (tertiary/aromatic N) is 3. The van der Waals surface area contributed by atoms with Crippen LogP contribution in [0.5, 0.6) is 5.75 Å². The summed E-state index contributed by atoms with van der Waals surface area (Å²) in [5.74, 6) is 1.67. The molecule has 31 heavy (non-hydrogen) atoms. The molecule has 0 atom stereocenters. The quantitative estimate of drug-likeness (QED) is 0.272. The third-order valence-electron chi connectivity index (χ3n) is 5.41. The number of hydrogen-bond donors (Lipinski definition) is 0. The maximum atomic E-state index is 6.57. The number of halogens is 1. The minimum Gasteiger partial charge on any atom is -0.494 e. The van der Waals surface area contributed by atoms with Crippen molar-refractivity contribution in [3.63, 3.8) is 0 Å². The van der Waals surface area contributed by atoms with Gasteiger partial charge in [-0.05, 0) is 29.3 Å². The zero-order valence-corrected chi connectivity index (χ0v) is 18.0. The highest BCUT2D eigenvalue weighted by Crippen LogP contribution is 2.36. The van der Waals surface area contributed by atoms with Crippen LogP contribution in [0, 0.1) is 0 Å². The molecule has 2 heterocycles. The Bertz CT molecular complexity index is 1370. The van der Waals surface area contributed by atoms with E-state index in [4.69, 9.17) is 21.3 Å². The van der Waals surface area contributed by atoms with Crippen molar-refractivity contribution < 1.29 is 4.74 Å². The SMILES string of the molecule is CCCCOc1cccc(-c2nc(-c3cccc4ccccc34)n3ccnc(Cl)c23)c1. The van der Waals surface area contributed by atoms with E-state index in [1.165, 1.54) is 5.39 Å². The summed E-state index contributed by atoms with van der Waals surface area (Å²) in [6.07, 6.45) is 5.75. The van der Waals surface area contributed by atoms with Gasteiger partial charge in [-0.2, -0.15) is 0 Å². The van der Waals surface area contributed by atoms with Crippen LogP contribution in [0.25, 0.3) is 38.9 Å². The fraction of sp³-hybridized carbons (Fsp3) is 0.154. The molecule has 3 aromatic carbocycles. The second kappa shape index (κ2) is 8.40. The fourth-order valence-electron chi connectivity index (χ4n) is 3.88. The molecule has 0 spiro atoms. The summed E-state index contributed by atoms with van der Waals surface area (Å²) in [4.78, 5) is 9.38. The lowest BCUT2D eigenvalue weighted by molar-refractivity contribution is 0.309. The van der Waals surface area contributed by atoms with Gasteiger partial charge in [-0.25, -0.2) is 9.97 Å². The topological polar surface area (TPSA) is 39.4 Å². The van der Waals surface area contributed by atoms with Crippen LogP contribution in [0.15, 0.2) is 79.1 Å². The van der Waals surface area contributed by atoms with Crippen molar-refractivity contribution in [1.29, 1.82) is 0 Å². The van der Waals surface area contributed by atoms with Crippen LogP contribution >= 0.6 is 11.6 Å². The second-order valence-electron chi connectivity index (χ2n) is 7.48. The van der Waals surface area contributed by atoms with Crippen molar-refractivity contribution in [1.82, 2.24) is 14.4 Å². The normalized spacial score (nSPS) is 11.3. The molecule has 5 aromatic rings. The summed E-state index contributed by atoms with van der Waals surface area (Å²) in [5.41, 5.74) is 3.59. The second-order valence-corrected chi connectivity index (χ2v) is 7.84. The molecule has 0 aliphatic rings. The van der Waals surface area contributed by atoms with Crippen molar-refractivity contribution in [3.05, 3.63) is 84.3 Å². The van der Waals surface area contributed by atoms with Gasteiger partial charge in [-0.1, -0.05) is 79.5 Å². The average molecular weight is 428 g/mol. The van der Waals surface area contributed by atoms with Crippen molar-refractivity contribution in [3.8, 4) is 28.4 Å². The van der Waals surface area contributed by atoms with Gasteiger partial charge in [0.15, 0.2) is 5.15 Å². The summed E-state index contributed by atoms with van der Waals surface area (Å²) in [7, 11) is 0. The zero-order valence-electron chi connectivity index (χ0n) is 17.3. The fourth-order valence-corrected chi connectivity index (χ4v) is 4.12. The average Bonchev–Trinajstić information content (AvgIpc) is 3.20. The Morgan fingerprint density at radius 2 is 1.84 bits per heavy atom. The summed E-state index contributed by atoms with van der Waals surface area (Å²) < 4.78 is 7.94. The van der Waals surface area contributed by atoms with Gasteiger partial charge in [0.1, 0.15) is 22.8 Å². The molecule has 154 valence electrons. The summed E-state index contributed by atoms with van der Waals surface area (Å²) >= 11 is 6.57. The molecule has 0 N–H and O–H groups in total. The van der Waals surface area contributed by atoms with Gasteiger partial charge in [0, 0.05) is 23.5 Å². The number of fused-ring (bicyclic) bond motifs is 2. The van der Waals surface area contributed by atoms with Crippen LogP contribution in [-0.2, 0) is 0 Å². The molecule has 0 bridgehead atoms. The highest BCUT2D eigenvalue weighted by molar-refractivity contribution is 6.33. The van der Waals surface area contributed by atoms with Crippen molar-refractivity contribution >= 4 is 27.9 Å². The Morgan fingerprint density at radius 3 is 2.74 bits per heavy atom. The van der Waals surface area contributed by atoms with Crippen LogP contribution in [0.4, 0.5) is 0 Å². The lowest BCUT2D eigenvalue weighted by Gasteiger charge is -2.07. The molecule has 0 saturated heterocycles. The van der Waals surface area contributed by atoms with Gasteiger partial charge in [0.05, 0.1) is 6.61 Å². The molecule has 0 fully saturated rings. The molecule has 2 aromatic heterocycles. The number of benzene rings is 3. The van der Waals surface area contributed by atoms with Crippen molar-refractivity contribution in [2.45, 2.75) is 19.8 Å². The van der Waals surface area contributed by atoms with Crippen molar-refractivity contribution in [2.75, 3.05) is 6.61 Å². The molecular weight excluding hydrogens is 406 g/mol. The summed E-state index contributed by atoms with van der Waals surface area (Å²) in [6.45, 7) is 2.86. The Labute approximate surface area is 186 Å². The number of unbranched alkanes of at least 4 members (excludes halogenated alkanes) is 1. The van der Waals surface area contributed by atoms with Crippen LogP contribution < -0.4 is 4.74 Å². The minimum atomic E-state index is 0.425. The number of aromatic nitrogens is 3. The smallest absolute Gasteiger partial charge is 0.155 e. The Morgan fingerprint density at radius 1 is 1.00 bits per heavy atom. The molecule has 0 radical (unpaired) electrons. The van der Waals surface area contributed by atoms with E-state index in [-0.39, 0.29) is 0 Å².